The first kappa shape index (κ1) is 19.0. The Morgan fingerprint density at radius 2 is 1.93 bits per heavy atom. The molecule has 1 aromatic heterocycles. The molecule has 1 heterocycles. The van der Waals surface area contributed by atoms with E-state index in [1.165, 1.54) is 5.52 Å². The summed E-state index contributed by atoms with van der Waals surface area (Å²) in [6, 6.07) is 14.4. The fraction of sp³-hybridized carbons (Fsp3) is 0.348. The van der Waals surface area contributed by atoms with E-state index in [1.54, 1.807) is 7.11 Å². The van der Waals surface area contributed by atoms with Gasteiger partial charge in [0.05, 0.1) is 24.8 Å². The Morgan fingerprint density at radius 1 is 1.07 bits per heavy atom. The molecule has 0 radical (unpaired) electrons. The predicted molar refractivity (Wildman–Crippen MR) is 112 cm³/mol. The summed E-state index contributed by atoms with van der Waals surface area (Å²) >= 11 is 0. The van der Waals surface area contributed by atoms with Crippen molar-refractivity contribution in [2.75, 3.05) is 13.7 Å². The SMILES string of the molecule is C/C=C/c1ccc(OCCCCn2c(CC)nc3ccccc32)c(OC)c1. The zero-order valence-electron chi connectivity index (χ0n) is 16.4. The molecule has 3 aromatic rings. The minimum absolute atomic E-state index is 0.674. The lowest BCUT2D eigenvalue weighted by Crippen LogP contribution is -2.06. The molecule has 0 aliphatic heterocycles. The average molecular weight is 364 g/mol. The van der Waals surface area contributed by atoms with Gasteiger partial charge in [-0.2, -0.15) is 0 Å². The van der Waals surface area contributed by atoms with E-state index in [0.29, 0.717) is 6.61 Å². The minimum Gasteiger partial charge on any atom is -0.493 e. The van der Waals surface area contributed by atoms with Crippen molar-refractivity contribution in [1.29, 1.82) is 0 Å². The fourth-order valence-electron chi connectivity index (χ4n) is 3.30. The van der Waals surface area contributed by atoms with Crippen molar-refractivity contribution >= 4 is 17.1 Å². The molecule has 2 aromatic carbocycles. The number of benzene rings is 2. The minimum atomic E-state index is 0.674. The molecule has 27 heavy (non-hydrogen) atoms. The van der Waals surface area contributed by atoms with E-state index in [1.807, 2.05) is 43.3 Å². The van der Waals surface area contributed by atoms with Gasteiger partial charge in [0.2, 0.25) is 0 Å². The molecule has 0 N–H and O–H groups in total. The standard InChI is InChI=1S/C23H28N2O2/c1-4-10-18-13-14-21(22(17-18)26-3)27-16-9-8-15-25-20-12-7-6-11-19(20)24-23(25)5-2/h4,6-7,10-14,17H,5,8-9,15-16H2,1-3H3/b10-4+. The number of methoxy groups -OCH3 is 1. The Hall–Kier alpha value is -2.75. The molecule has 0 bridgehead atoms. The van der Waals surface area contributed by atoms with Crippen LogP contribution < -0.4 is 9.47 Å². The fourth-order valence-corrected chi connectivity index (χ4v) is 3.30. The van der Waals surface area contributed by atoms with Gasteiger partial charge in [-0.3, -0.25) is 0 Å². The van der Waals surface area contributed by atoms with Gasteiger partial charge in [-0.1, -0.05) is 37.3 Å². The maximum atomic E-state index is 5.95. The van der Waals surface area contributed by atoms with Gasteiger partial charge in [0, 0.05) is 13.0 Å². The normalized spacial score (nSPS) is 11.4. The van der Waals surface area contributed by atoms with E-state index in [2.05, 4.69) is 29.7 Å². The quantitative estimate of drug-likeness (QED) is 0.470. The number of hydrogen-bond donors (Lipinski definition) is 0. The number of para-hydroxylation sites is 2. The van der Waals surface area contributed by atoms with Crippen LogP contribution in [-0.2, 0) is 13.0 Å². The monoisotopic (exact) mass is 364 g/mol. The summed E-state index contributed by atoms with van der Waals surface area (Å²) in [6.07, 6.45) is 7.04. The number of imidazole rings is 1. The van der Waals surface area contributed by atoms with Gasteiger partial charge in [0.25, 0.3) is 0 Å². The second kappa shape index (κ2) is 9.26. The van der Waals surface area contributed by atoms with Crippen molar-refractivity contribution in [2.24, 2.45) is 0 Å². The van der Waals surface area contributed by atoms with Gasteiger partial charge in [-0.15, -0.1) is 0 Å². The van der Waals surface area contributed by atoms with Gasteiger partial charge in [0.15, 0.2) is 11.5 Å². The highest BCUT2D eigenvalue weighted by Gasteiger charge is 2.09. The smallest absolute Gasteiger partial charge is 0.161 e. The lowest BCUT2D eigenvalue weighted by Gasteiger charge is -2.12. The lowest BCUT2D eigenvalue weighted by atomic mass is 10.2. The third-order valence-corrected chi connectivity index (χ3v) is 4.63. The molecule has 4 nitrogen and oxygen atoms in total. The number of ether oxygens (including phenoxy) is 2. The molecule has 0 spiro atoms. The molecule has 0 fully saturated rings. The predicted octanol–water partition coefficient (Wildman–Crippen LogP) is 5.50. The van der Waals surface area contributed by atoms with Gasteiger partial charge in [-0.05, 0) is 49.6 Å². The molecule has 0 unspecified atom stereocenters. The van der Waals surface area contributed by atoms with E-state index in [9.17, 15) is 0 Å². The number of hydrogen-bond acceptors (Lipinski definition) is 3. The zero-order chi connectivity index (χ0) is 19.1. The number of fused-ring (bicyclic) bond motifs is 1. The van der Waals surface area contributed by atoms with Gasteiger partial charge < -0.3 is 14.0 Å². The Kier molecular flexibility index (Phi) is 6.53. The molecule has 0 saturated heterocycles. The van der Waals surface area contributed by atoms with Crippen molar-refractivity contribution in [3.8, 4) is 11.5 Å². The number of nitrogens with zero attached hydrogens (tertiary/aromatic N) is 2. The summed E-state index contributed by atoms with van der Waals surface area (Å²) in [5, 5.41) is 0. The van der Waals surface area contributed by atoms with Crippen LogP contribution >= 0.6 is 0 Å². The van der Waals surface area contributed by atoms with Crippen LogP contribution in [0.2, 0.25) is 0 Å². The summed E-state index contributed by atoms with van der Waals surface area (Å²) in [7, 11) is 1.68. The van der Waals surface area contributed by atoms with Crippen molar-refractivity contribution in [2.45, 2.75) is 39.7 Å². The summed E-state index contributed by atoms with van der Waals surface area (Å²) < 4.78 is 13.7. The van der Waals surface area contributed by atoms with Crippen LogP contribution in [-0.4, -0.2) is 23.3 Å². The van der Waals surface area contributed by atoms with E-state index in [0.717, 1.165) is 54.2 Å². The van der Waals surface area contributed by atoms with Crippen molar-refractivity contribution < 1.29 is 9.47 Å². The molecule has 0 atom stereocenters. The van der Waals surface area contributed by atoms with Crippen molar-refractivity contribution in [3.63, 3.8) is 0 Å². The Balaban J connectivity index is 1.56. The summed E-state index contributed by atoms with van der Waals surface area (Å²) in [5.41, 5.74) is 3.41. The molecule has 0 aliphatic rings. The number of rotatable bonds is 9. The molecule has 142 valence electrons. The highest BCUT2D eigenvalue weighted by Crippen LogP contribution is 2.28. The Bertz CT molecular complexity index is 912. The van der Waals surface area contributed by atoms with Crippen molar-refractivity contribution in [1.82, 2.24) is 9.55 Å². The number of unbranched alkanes of at least 4 members (excludes halogenated alkanes) is 1. The summed E-state index contributed by atoms with van der Waals surface area (Å²) in [5.74, 6) is 2.73. The number of aromatic nitrogens is 2. The van der Waals surface area contributed by atoms with Gasteiger partial charge in [-0.25, -0.2) is 4.98 Å². The third kappa shape index (κ3) is 4.51. The number of aryl methyl sites for hydroxylation is 2. The highest BCUT2D eigenvalue weighted by molar-refractivity contribution is 5.75. The van der Waals surface area contributed by atoms with E-state index >= 15 is 0 Å². The van der Waals surface area contributed by atoms with Crippen LogP contribution in [0.3, 0.4) is 0 Å². The van der Waals surface area contributed by atoms with E-state index in [-0.39, 0.29) is 0 Å². The average Bonchev–Trinajstić information content (AvgIpc) is 3.06. The van der Waals surface area contributed by atoms with Crippen LogP contribution in [0.25, 0.3) is 17.1 Å². The first-order chi connectivity index (χ1) is 13.3. The summed E-state index contributed by atoms with van der Waals surface area (Å²) in [6.45, 7) is 5.80. The van der Waals surface area contributed by atoms with Gasteiger partial charge in [0.1, 0.15) is 5.82 Å². The number of allylic oxidation sites excluding steroid dienone is 1. The highest BCUT2D eigenvalue weighted by atomic mass is 16.5. The summed E-state index contributed by atoms with van der Waals surface area (Å²) in [4.78, 5) is 4.73. The molecule has 0 aliphatic carbocycles. The molecular formula is C23H28N2O2. The molecule has 0 amide bonds. The van der Waals surface area contributed by atoms with Gasteiger partial charge >= 0.3 is 0 Å². The molecular weight excluding hydrogens is 336 g/mol. The first-order valence-electron chi connectivity index (χ1n) is 9.64. The molecule has 0 saturated carbocycles. The van der Waals surface area contributed by atoms with Crippen molar-refractivity contribution in [3.05, 3.63) is 59.9 Å². The Labute approximate surface area is 161 Å². The van der Waals surface area contributed by atoms with Crippen LogP contribution in [0.15, 0.2) is 48.5 Å². The van der Waals surface area contributed by atoms with E-state index in [4.69, 9.17) is 14.5 Å². The molecule has 3 rings (SSSR count). The van der Waals surface area contributed by atoms with Crippen LogP contribution in [0.1, 0.15) is 38.1 Å². The first-order valence-corrected chi connectivity index (χ1v) is 9.64. The van der Waals surface area contributed by atoms with Crippen LogP contribution in [0.5, 0.6) is 11.5 Å². The maximum absolute atomic E-state index is 5.95. The maximum Gasteiger partial charge on any atom is 0.161 e. The third-order valence-electron chi connectivity index (χ3n) is 4.63. The largest absolute Gasteiger partial charge is 0.493 e. The Morgan fingerprint density at radius 3 is 2.70 bits per heavy atom. The van der Waals surface area contributed by atoms with Crippen LogP contribution in [0.4, 0.5) is 0 Å². The van der Waals surface area contributed by atoms with Crippen LogP contribution in [0, 0.1) is 0 Å². The zero-order valence-corrected chi connectivity index (χ0v) is 16.4. The second-order valence-electron chi connectivity index (χ2n) is 6.49. The molecule has 4 heteroatoms. The second-order valence-corrected chi connectivity index (χ2v) is 6.49. The lowest BCUT2D eigenvalue weighted by molar-refractivity contribution is 0.284. The van der Waals surface area contributed by atoms with E-state index < -0.39 is 0 Å². The topological polar surface area (TPSA) is 36.3 Å².